The Hall–Kier alpha value is -2.82. The molecule has 0 unspecified atom stereocenters. The maximum atomic E-state index is 12.5. The Morgan fingerprint density at radius 2 is 2.00 bits per heavy atom. The number of rotatable bonds is 3. The number of halogens is 1. The maximum absolute atomic E-state index is 12.5. The van der Waals surface area contributed by atoms with Gasteiger partial charge in [0.05, 0.1) is 17.3 Å². The van der Waals surface area contributed by atoms with E-state index in [9.17, 15) is 4.79 Å². The molecule has 1 aromatic carbocycles. The number of hydrogen-bond donors (Lipinski definition) is 0. The van der Waals surface area contributed by atoms with Crippen LogP contribution in [0.2, 0.25) is 5.15 Å². The summed E-state index contributed by atoms with van der Waals surface area (Å²) in [4.78, 5) is 26.3. The predicted octanol–water partition coefficient (Wildman–Crippen LogP) is 3.40. The van der Waals surface area contributed by atoms with Gasteiger partial charge in [0, 0.05) is 24.1 Å². The molecule has 3 aromatic rings. The molecule has 0 saturated carbocycles. The molecule has 2 heterocycles. The molecule has 0 saturated heterocycles. The fraction of sp³-hybridized carbons (Fsp3) is 0.0625. The highest BCUT2D eigenvalue weighted by atomic mass is 35.5. The van der Waals surface area contributed by atoms with E-state index in [1.165, 1.54) is 22.6 Å². The lowest BCUT2D eigenvalue weighted by atomic mass is 10.1. The van der Waals surface area contributed by atoms with E-state index in [2.05, 4.69) is 15.0 Å². The maximum Gasteiger partial charge on any atom is 0.259 e. The van der Waals surface area contributed by atoms with Crippen molar-refractivity contribution in [1.82, 2.24) is 15.0 Å². The Morgan fingerprint density at radius 1 is 1.25 bits per heavy atom. The van der Waals surface area contributed by atoms with Crippen LogP contribution < -0.4 is 4.90 Å². The van der Waals surface area contributed by atoms with E-state index in [0.29, 0.717) is 32.8 Å². The third-order valence-corrected chi connectivity index (χ3v) is 4.36. The van der Waals surface area contributed by atoms with Crippen LogP contribution in [0.4, 0.5) is 5.13 Å². The van der Waals surface area contributed by atoms with Crippen molar-refractivity contribution in [2.75, 3.05) is 11.9 Å². The molecule has 0 radical (unpaired) electrons. The van der Waals surface area contributed by atoms with E-state index in [1.807, 2.05) is 6.07 Å². The molecule has 0 aliphatic heterocycles. The van der Waals surface area contributed by atoms with Gasteiger partial charge < -0.3 is 0 Å². The third kappa shape index (κ3) is 3.25. The smallest absolute Gasteiger partial charge is 0.259 e. The van der Waals surface area contributed by atoms with Crippen molar-refractivity contribution in [2.45, 2.75) is 0 Å². The quantitative estimate of drug-likeness (QED) is 0.672. The number of benzene rings is 1. The van der Waals surface area contributed by atoms with Crippen molar-refractivity contribution in [3.63, 3.8) is 0 Å². The zero-order valence-electron chi connectivity index (χ0n) is 12.5. The summed E-state index contributed by atoms with van der Waals surface area (Å²) in [5.41, 5.74) is 2.21. The van der Waals surface area contributed by atoms with Gasteiger partial charge in [0.2, 0.25) is 0 Å². The van der Waals surface area contributed by atoms with E-state index >= 15 is 0 Å². The first-order chi connectivity index (χ1) is 11.6. The number of hydrogen-bond acceptors (Lipinski definition) is 6. The second kappa shape index (κ2) is 6.74. The first-order valence-electron chi connectivity index (χ1n) is 6.80. The van der Waals surface area contributed by atoms with Gasteiger partial charge in [0.15, 0.2) is 5.13 Å². The van der Waals surface area contributed by atoms with Crippen LogP contribution in [0.25, 0.3) is 11.4 Å². The molecular weight excluding hydrogens is 346 g/mol. The zero-order chi connectivity index (χ0) is 17.1. The van der Waals surface area contributed by atoms with E-state index in [-0.39, 0.29) is 5.91 Å². The summed E-state index contributed by atoms with van der Waals surface area (Å²) in [6, 6.07) is 10.1. The summed E-state index contributed by atoms with van der Waals surface area (Å²) in [5.74, 6) is -0.207. The lowest BCUT2D eigenvalue weighted by Gasteiger charge is -2.13. The highest BCUT2D eigenvalue weighted by Gasteiger charge is 2.17. The summed E-state index contributed by atoms with van der Waals surface area (Å²) < 4.78 is 0. The van der Waals surface area contributed by atoms with Crippen LogP contribution in [0.15, 0.2) is 42.0 Å². The molecule has 0 atom stereocenters. The minimum atomic E-state index is -0.207. The monoisotopic (exact) mass is 355 g/mol. The molecule has 0 fully saturated rings. The van der Waals surface area contributed by atoms with E-state index in [4.69, 9.17) is 16.9 Å². The average Bonchev–Trinajstić information content (AvgIpc) is 3.10. The third-order valence-electron chi connectivity index (χ3n) is 3.24. The molecule has 1 amide bonds. The standard InChI is InChI=1S/C16H10ClN5OS/c1-22(15(23)11-4-2-10(7-18)3-5-11)16-21-13(8-24-16)12-6-14(17)20-9-19-12/h2-6,8-9H,1H3. The SMILES string of the molecule is CN(C(=O)c1ccc(C#N)cc1)c1nc(-c2cc(Cl)ncn2)cs1. The van der Waals surface area contributed by atoms with Crippen molar-refractivity contribution in [3.05, 3.63) is 58.3 Å². The van der Waals surface area contributed by atoms with Crippen molar-refractivity contribution in [1.29, 1.82) is 5.26 Å². The number of carbonyl (C=O) groups is 1. The molecule has 0 aliphatic carbocycles. The second-order valence-corrected chi connectivity index (χ2v) is 6.02. The van der Waals surface area contributed by atoms with E-state index < -0.39 is 0 Å². The summed E-state index contributed by atoms with van der Waals surface area (Å²) >= 11 is 7.18. The lowest BCUT2D eigenvalue weighted by Crippen LogP contribution is -2.26. The Labute approximate surface area is 147 Å². The minimum absolute atomic E-state index is 0.207. The number of thiazole rings is 1. The number of amides is 1. The predicted molar refractivity (Wildman–Crippen MR) is 92.0 cm³/mol. The molecular formula is C16H10ClN5OS. The molecule has 118 valence electrons. The van der Waals surface area contributed by atoms with Gasteiger partial charge in [-0.05, 0) is 24.3 Å². The fourth-order valence-corrected chi connectivity index (χ4v) is 2.91. The summed E-state index contributed by atoms with van der Waals surface area (Å²) in [6.45, 7) is 0. The molecule has 6 nitrogen and oxygen atoms in total. The van der Waals surface area contributed by atoms with Crippen LogP contribution in [-0.2, 0) is 0 Å². The van der Waals surface area contributed by atoms with Gasteiger partial charge in [-0.25, -0.2) is 15.0 Å². The van der Waals surface area contributed by atoms with Crippen LogP contribution in [0.1, 0.15) is 15.9 Å². The highest BCUT2D eigenvalue weighted by molar-refractivity contribution is 7.14. The van der Waals surface area contributed by atoms with Crippen molar-refractivity contribution >= 4 is 34.0 Å². The largest absolute Gasteiger partial charge is 0.287 e. The molecule has 0 N–H and O–H groups in total. The minimum Gasteiger partial charge on any atom is -0.287 e. The zero-order valence-corrected chi connectivity index (χ0v) is 14.0. The topological polar surface area (TPSA) is 82.8 Å². The molecule has 8 heteroatoms. The van der Waals surface area contributed by atoms with Crippen LogP contribution in [0.3, 0.4) is 0 Å². The molecule has 0 spiro atoms. The number of aromatic nitrogens is 3. The highest BCUT2D eigenvalue weighted by Crippen LogP contribution is 2.27. The number of anilines is 1. The number of nitriles is 1. The fourth-order valence-electron chi connectivity index (χ4n) is 1.98. The Morgan fingerprint density at radius 3 is 2.67 bits per heavy atom. The molecule has 0 aliphatic rings. The first kappa shape index (κ1) is 16.1. The van der Waals surface area contributed by atoms with Gasteiger partial charge in [-0.2, -0.15) is 5.26 Å². The van der Waals surface area contributed by atoms with Crippen molar-refractivity contribution in [3.8, 4) is 17.5 Å². The van der Waals surface area contributed by atoms with Gasteiger partial charge in [-0.15, -0.1) is 11.3 Å². The lowest BCUT2D eigenvalue weighted by molar-refractivity contribution is 0.0993. The van der Waals surface area contributed by atoms with Crippen LogP contribution in [0.5, 0.6) is 0 Å². The van der Waals surface area contributed by atoms with Crippen LogP contribution in [0, 0.1) is 11.3 Å². The van der Waals surface area contributed by atoms with Crippen LogP contribution in [-0.4, -0.2) is 27.9 Å². The van der Waals surface area contributed by atoms with Gasteiger partial charge in [-0.3, -0.25) is 9.69 Å². The van der Waals surface area contributed by atoms with Crippen LogP contribution >= 0.6 is 22.9 Å². The normalized spacial score (nSPS) is 10.2. The average molecular weight is 356 g/mol. The number of carbonyl (C=O) groups excluding carboxylic acids is 1. The van der Waals surface area contributed by atoms with E-state index in [0.717, 1.165) is 0 Å². The van der Waals surface area contributed by atoms with Crippen molar-refractivity contribution in [2.24, 2.45) is 0 Å². The molecule has 24 heavy (non-hydrogen) atoms. The Balaban J connectivity index is 1.83. The Bertz CT molecular complexity index is 932. The Kier molecular flexibility index (Phi) is 4.51. The number of nitrogens with zero attached hydrogens (tertiary/aromatic N) is 5. The van der Waals surface area contributed by atoms with Gasteiger partial charge in [0.25, 0.3) is 5.91 Å². The second-order valence-electron chi connectivity index (χ2n) is 4.79. The summed E-state index contributed by atoms with van der Waals surface area (Å²) in [6.07, 6.45) is 1.36. The summed E-state index contributed by atoms with van der Waals surface area (Å²) in [5, 5.41) is 11.5. The molecule has 2 aromatic heterocycles. The summed E-state index contributed by atoms with van der Waals surface area (Å²) in [7, 11) is 1.65. The van der Waals surface area contributed by atoms with Gasteiger partial charge in [-0.1, -0.05) is 11.6 Å². The first-order valence-corrected chi connectivity index (χ1v) is 8.06. The van der Waals surface area contributed by atoms with Crippen molar-refractivity contribution < 1.29 is 4.79 Å². The molecule has 3 rings (SSSR count). The van der Waals surface area contributed by atoms with Gasteiger partial charge >= 0.3 is 0 Å². The molecule has 0 bridgehead atoms. The van der Waals surface area contributed by atoms with E-state index in [1.54, 1.807) is 42.8 Å². The van der Waals surface area contributed by atoms with Gasteiger partial charge in [0.1, 0.15) is 17.2 Å².